The Bertz CT molecular complexity index is 548. The molecule has 3 atom stereocenters. The zero-order chi connectivity index (χ0) is 17.6. The van der Waals surface area contributed by atoms with Crippen LogP contribution in [0.4, 0.5) is 5.69 Å². The molecule has 1 aromatic rings. The highest BCUT2D eigenvalue weighted by atomic mass is 16.6. The third kappa shape index (κ3) is 4.77. The maximum absolute atomic E-state index is 10.6. The predicted octanol–water partition coefficient (Wildman–Crippen LogP) is 2.50. The Kier molecular flexibility index (Phi) is 6.39. The minimum absolute atomic E-state index is 0.201. The average Bonchev–Trinajstić information content (AvgIpc) is 2.63. The molecule has 2 unspecified atom stereocenters. The summed E-state index contributed by atoms with van der Waals surface area (Å²) in [5.74, 6) is 2.05. The molecule has 0 aromatic heterocycles. The van der Waals surface area contributed by atoms with Crippen LogP contribution in [-0.2, 0) is 4.74 Å². The van der Waals surface area contributed by atoms with E-state index in [2.05, 4.69) is 5.32 Å². The molecule has 4 N–H and O–H groups in total. The fourth-order valence-corrected chi connectivity index (χ4v) is 3.87. The molecule has 25 heavy (non-hydrogen) atoms. The monoisotopic (exact) mass is 350 g/mol. The van der Waals surface area contributed by atoms with Crippen LogP contribution in [0.3, 0.4) is 0 Å². The molecule has 0 radical (unpaired) electrons. The molecule has 2 aliphatic rings. The number of hydrogen-bond donors (Lipinski definition) is 3. The van der Waals surface area contributed by atoms with Gasteiger partial charge in [-0.05, 0) is 24.5 Å². The maximum atomic E-state index is 10.6. The summed E-state index contributed by atoms with van der Waals surface area (Å²) in [7, 11) is 1.60. The van der Waals surface area contributed by atoms with Crippen LogP contribution in [0.5, 0.6) is 11.5 Å². The summed E-state index contributed by atoms with van der Waals surface area (Å²) in [5, 5.41) is 13.7. The van der Waals surface area contributed by atoms with E-state index in [9.17, 15) is 5.11 Å². The van der Waals surface area contributed by atoms with Crippen LogP contribution in [0.1, 0.15) is 38.5 Å². The highest BCUT2D eigenvalue weighted by molar-refractivity contribution is 5.55. The van der Waals surface area contributed by atoms with Crippen molar-refractivity contribution in [1.82, 2.24) is 0 Å². The second-order valence-electron chi connectivity index (χ2n) is 7.05. The van der Waals surface area contributed by atoms with Crippen LogP contribution < -0.4 is 20.5 Å². The van der Waals surface area contributed by atoms with E-state index in [4.69, 9.17) is 19.9 Å². The van der Waals surface area contributed by atoms with Crippen molar-refractivity contribution in [3.63, 3.8) is 0 Å². The van der Waals surface area contributed by atoms with Gasteiger partial charge in [0.25, 0.3) is 0 Å². The number of aliphatic hydroxyl groups excluding tert-OH is 1. The van der Waals surface area contributed by atoms with E-state index in [0.717, 1.165) is 17.9 Å². The molecule has 0 bridgehead atoms. The van der Waals surface area contributed by atoms with E-state index in [1.54, 1.807) is 7.11 Å². The Balaban J connectivity index is 1.58. The van der Waals surface area contributed by atoms with E-state index < -0.39 is 12.3 Å². The minimum atomic E-state index is -0.883. The molecular weight excluding hydrogens is 320 g/mol. The fourth-order valence-electron chi connectivity index (χ4n) is 3.87. The van der Waals surface area contributed by atoms with Crippen molar-refractivity contribution in [1.29, 1.82) is 0 Å². The minimum Gasteiger partial charge on any atom is -0.486 e. The molecular formula is C19H30N2O4. The van der Waals surface area contributed by atoms with E-state index in [-0.39, 0.29) is 6.04 Å². The zero-order valence-electron chi connectivity index (χ0n) is 14.9. The van der Waals surface area contributed by atoms with Crippen molar-refractivity contribution < 1.29 is 19.3 Å². The lowest BCUT2D eigenvalue weighted by atomic mass is 9.83. The second kappa shape index (κ2) is 8.74. The topological polar surface area (TPSA) is 86.0 Å². The average molecular weight is 350 g/mol. The number of ether oxygens (including phenoxy) is 3. The third-order valence-corrected chi connectivity index (χ3v) is 5.19. The van der Waals surface area contributed by atoms with E-state index in [1.165, 1.54) is 32.1 Å². The van der Waals surface area contributed by atoms with Gasteiger partial charge < -0.3 is 30.4 Å². The number of benzene rings is 1. The number of rotatable bonds is 7. The maximum Gasteiger partial charge on any atom is 0.163 e. The van der Waals surface area contributed by atoms with Gasteiger partial charge in [0, 0.05) is 24.9 Å². The van der Waals surface area contributed by atoms with E-state index in [0.29, 0.717) is 24.9 Å². The summed E-state index contributed by atoms with van der Waals surface area (Å²) in [5.41, 5.74) is 7.11. The van der Waals surface area contributed by atoms with Crippen molar-refractivity contribution in [3.05, 3.63) is 18.2 Å². The summed E-state index contributed by atoms with van der Waals surface area (Å²) in [6.07, 6.45) is 5.90. The summed E-state index contributed by atoms with van der Waals surface area (Å²) in [6, 6.07) is 5.33. The van der Waals surface area contributed by atoms with Crippen molar-refractivity contribution >= 4 is 5.69 Å². The van der Waals surface area contributed by atoms with Crippen molar-refractivity contribution in [2.45, 2.75) is 56.9 Å². The van der Waals surface area contributed by atoms with Crippen molar-refractivity contribution in [3.8, 4) is 11.5 Å². The van der Waals surface area contributed by atoms with Crippen molar-refractivity contribution in [2.75, 3.05) is 25.6 Å². The number of methoxy groups -OCH3 is 1. The molecule has 3 rings (SSSR count). The summed E-state index contributed by atoms with van der Waals surface area (Å²) in [6.45, 7) is 1.09. The van der Waals surface area contributed by atoms with Crippen LogP contribution in [0, 0.1) is 5.92 Å². The van der Waals surface area contributed by atoms with Crippen LogP contribution in [-0.4, -0.2) is 43.8 Å². The standard InChI is InChI=1S/C19H30N2O4/c1-23-18(15(20)11-13-5-3-2-4-6-13)19(22)21-14-7-8-16-17(12-14)25-10-9-24-16/h7-8,12-13,15,18-19,21-22H,2-6,9-11,20H2,1H3/t15-,18?,19?/m1/s1. The lowest BCUT2D eigenvalue weighted by molar-refractivity contribution is -0.0175. The number of fused-ring (bicyclic) bond motifs is 1. The third-order valence-electron chi connectivity index (χ3n) is 5.19. The Morgan fingerprint density at radius 1 is 1.20 bits per heavy atom. The molecule has 1 heterocycles. The largest absolute Gasteiger partial charge is 0.486 e. The number of nitrogens with two attached hydrogens (primary N) is 1. The molecule has 0 saturated heterocycles. The van der Waals surface area contributed by atoms with Crippen LogP contribution in [0.25, 0.3) is 0 Å². The van der Waals surface area contributed by atoms with Crippen LogP contribution >= 0.6 is 0 Å². The van der Waals surface area contributed by atoms with Gasteiger partial charge in [0.05, 0.1) is 0 Å². The molecule has 1 saturated carbocycles. The summed E-state index contributed by atoms with van der Waals surface area (Å²) >= 11 is 0. The van der Waals surface area contributed by atoms with Gasteiger partial charge in [0.1, 0.15) is 19.3 Å². The van der Waals surface area contributed by atoms with Gasteiger partial charge in [-0.25, -0.2) is 0 Å². The highest BCUT2D eigenvalue weighted by Gasteiger charge is 2.29. The second-order valence-corrected chi connectivity index (χ2v) is 7.05. The molecule has 1 aromatic carbocycles. The molecule has 6 nitrogen and oxygen atoms in total. The predicted molar refractivity (Wildman–Crippen MR) is 97.0 cm³/mol. The Morgan fingerprint density at radius 3 is 2.64 bits per heavy atom. The molecule has 1 aliphatic heterocycles. The van der Waals surface area contributed by atoms with E-state index >= 15 is 0 Å². The normalized spacial score (nSPS) is 21.4. The first-order valence-corrected chi connectivity index (χ1v) is 9.30. The lowest BCUT2D eigenvalue weighted by Gasteiger charge is -2.32. The molecule has 0 amide bonds. The first-order valence-electron chi connectivity index (χ1n) is 9.30. The molecule has 0 spiro atoms. The van der Waals surface area contributed by atoms with Crippen molar-refractivity contribution in [2.24, 2.45) is 11.7 Å². The van der Waals surface area contributed by atoms with E-state index in [1.807, 2.05) is 18.2 Å². The van der Waals surface area contributed by atoms with Gasteiger partial charge in [-0.3, -0.25) is 0 Å². The van der Waals surface area contributed by atoms with Gasteiger partial charge in [0.15, 0.2) is 17.7 Å². The summed E-state index contributed by atoms with van der Waals surface area (Å²) in [4.78, 5) is 0. The number of aliphatic hydroxyl groups is 1. The van der Waals surface area contributed by atoms with Gasteiger partial charge in [-0.2, -0.15) is 0 Å². The first-order chi connectivity index (χ1) is 12.2. The first kappa shape index (κ1) is 18.3. The molecule has 1 fully saturated rings. The Morgan fingerprint density at radius 2 is 1.92 bits per heavy atom. The number of hydrogen-bond acceptors (Lipinski definition) is 6. The number of nitrogens with one attached hydrogen (secondary N) is 1. The van der Waals surface area contributed by atoms with Gasteiger partial charge >= 0.3 is 0 Å². The van der Waals surface area contributed by atoms with Crippen LogP contribution in [0.2, 0.25) is 0 Å². The quantitative estimate of drug-likeness (QED) is 0.655. The smallest absolute Gasteiger partial charge is 0.163 e. The fraction of sp³-hybridized carbons (Fsp3) is 0.684. The number of anilines is 1. The van der Waals surface area contributed by atoms with Crippen LogP contribution in [0.15, 0.2) is 18.2 Å². The molecule has 6 heteroatoms. The lowest BCUT2D eigenvalue weighted by Crippen LogP contribution is -2.48. The Labute approximate surface area is 149 Å². The van der Waals surface area contributed by atoms with Gasteiger partial charge in [-0.1, -0.05) is 32.1 Å². The summed E-state index contributed by atoms with van der Waals surface area (Å²) < 4.78 is 16.6. The Hall–Kier alpha value is -1.50. The SMILES string of the molecule is COC(C(O)Nc1ccc2c(c1)OCCO2)[C@H](N)CC1CCCCC1. The van der Waals surface area contributed by atoms with Gasteiger partial charge in [-0.15, -0.1) is 0 Å². The molecule has 1 aliphatic carbocycles. The zero-order valence-corrected chi connectivity index (χ0v) is 14.9. The highest BCUT2D eigenvalue weighted by Crippen LogP contribution is 2.33. The molecule has 140 valence electrons. The van der Waals surface area contributed by atoms with Gasteiger partial charge in [0.2, 0.25) is 0 Å².